The van der Waals surface area contributed by atoms with Gasteiger partial charge in [-0.2, -0.15) is 0 Å². The summed E-state index contributed by atoms with van der Waals surface area (Å²) < 4.78 is 6.01. The van der Waals surface area contributed by atoms with Crippen LogP contribution in [-0.2, 0) is 5.41 Å². The first-order valence-electron chi connectivity index (χ1n) is 9.18. The third-order valence-corrected chi connectivity index (χ3v) is 5.01. The van der Waals surface area contributed by atoms with E-state index in [0.717, 1.165) is 11.6 Å². The van der Waals surface area contributed by atoms with E-state index in [1.165, 1.54) is 21.9 Å². The molecular weight excluding hydrogens is 334 g/mol. The summed E-state index contributed by atoms with van der Waals surface area (Å²) in [5, 5.41) is 2.34. The van der Waals surface area contributed by atoms with E-state index in [1.807, 2.05) is 18.2 Å². The summed E-state index contributed by atoms with van der Waals surface area (Å²) in [7, 11) is -1.20. The molecule has 0 aliphatic carbocycles. The average molecular weight is 362 g/mol. The van der Waals surface area contributed by atoms with Crippen LogP contribution in [-0.4, -0.2) is 14.0 Å². The van der Waals surface area contributed by atoms with Crippen LogP contribution >= 0.6 is 0 Å². The summed E-state index contributed by atoms with van der Waals surface area (Å²) in [6.45, 7) is 11.0. The smallest absolute Gasteiger partial charge is 0.231 e. The van der Waals surface area contributed by atoms with Gasteiger partial charge in [0.15, 0.2) is 0 Å². The summed E-state index contributed by atoms with van der Waals surface area (Å²) in [4.78, 5) is 4.80. The average Bonchev–Trinajstić information content (AvgIpc) is 2.59. The van der Waals surface area contributed by atoms with Gasteiger partial charge >= 0.3 is 0 Å². The molecule has 0 aliphatic rings. The van der Waals surface area contributed by atoms with Crippen LogP contribution in [0.3, 0.4) is 0 Å². The Morgan fingerprint density at radius 3 is 2.31 bits per heavy atom. The fourth-order valence-corrected chi connectivity index (χ4v) is 3.49. The molecule has 3 heteroatoms. The number of aromatic nitrogens is 1. The number of hydrogen-bond donors (Lipinski definition) is 0. The maximum absolute atomic E-state index is 6.01. The van der Waals surface area contributed by atoms with Crippen molar-refractivity contribution in [1.29, 1.82) is 0 Å². The van der Waals surface area contributed by atoms with Crippen molar-refractivity contribution in [2.24, 2.45) is 0 Å². The van der Waals surface area contributed by atoms with E-state index < -0.39 is 9.04 Å². The van der Waals surface area contributed by atoms with E-state index in [0.29, 0.717) is 0 Å². The standard InChI is InChI=1S/C23H27NOSi/c1-23(2,3)19-13-12-18-15-22(25-26(4)5)24-21(20(18)16-19)14-11-17-9-7-6-8-10-17/h6-16,26H,1-5H3/b14-11+. The van der Waals surface area contributed by atoms with Crippen LogP contribution in [0.1, 0.15) is 37.6 Å². The molecule has 0 saturated carbocycles. The molecule has 0 bridgehead atoms. The van der Waals surface area contributed by atoms with Crippen molar-refractivity contribution >= 4 is 32.0 Å². The lowest BCUT2D eigenvalue weighted by Gasteiger charge is -2.20. The summed E-state index contributed by atoms with van der Waals surface area (Å²) in [5.74, 6) is 0.732. The largest absolute Gasteiger partial charge is 0.534 e. The van der Waals surface area contributed by atoms with Gasteiger partial charge in [0.2, 0.25) is 14.9 Å². The SMILES string of the molecule is C[SiH](C)Oc1cc2ccc(C(C)(C)C)cc2c(/C=C/c2ccccc2)n1. The van der Waals surface area contributed by atoms with Crippen molar-refractivity contribution in [1.82, 2.24) is 4.98 Å². The Balaban J connectivity index is 2.13. The summed E-state index contributed by atoms with van der Waals surface area (Å²) >= 11 is 0. The minimum atomic E-state index is -1.20. The Kier molecular flexibility index (Phi) is 5.28. The topological polar surface area (TPSA) is 22.1 Å². The number of rotatable bonds is 4. The minimum absolute atomic E-state index is 0.106. The maximum Gasteiger partial charge on any atom is 0.231 e. The van der Waals surface area contributed by atoms with E-state index in [2.05, 4.69) is 82.4 Å². The van der Waals surface area contributed by atoms with Gasteiger partial charge in [0, 0.05) is 11.5 Å². The van der Waals surface area contributed by atoms with Crippen molar-refractivity contribution in [3.63, 3.8) is 0 Å². The van der Waals surface area contributed by atoms with E-state index in [4.69, 9.17) is 9.41 Å². The Morgan fingerprint density at radius 2 is 1.65 bits per heavy atom. The van der Waals surface area contributed by atoms with Gasteiger partial charge in [-0.1, -0.05) is 69.3 Å². The lowest BCUT2D eigenvalue weighted by molar-refractivity contribution is 0.556. The molecule has 0 radical (unpaired) electrons. The summed E-state index contributed by atoms with van der Waals surface area (Å²) in [6, 6.07) is 19.1. The Morgan fingerprint density at radius 1 is 0.923 bits per heavy atom. The number of nitrogens with zero attached hydrogens (tertiary/aromatic N) is 1. The van der Waals surface area contributed by atoms with Gasteiger partial charge in [0.1, 0.15) is 0 Å². The van der Waals surface area contributed by atoms with Gasteiger partial charge in [-0.25, -0.2) is 4.98 Å². The highest BCUT2D eigenvalue weighted by Gasteiger charge is 2.15. The zero-order valence-electron chi connectivity index (χ0n) is 16.3. The predicted octanol–water partition coefficient (Wildman–Crippen LogP) is 6.06. The molecule has 0 N–H and O–H groups in total. The molecule has 0 unspecified atom stereocenters. The van der Waals surface area contributed by atoms with Gasteiger partial charge in [0.05, 0.1) is 5.69 Å². The molecule has 0 aliphatic heterocycles. The number of fused-ring (bicyclic) bond motifs is 1. The maximum atomic E-state index is 6.01. The highest BCUT2D eigenvalue weighted by atomic mass is 28.3. The second-order valence-corrected chi connectivity index (χ2v) is 10.3. The van der Waals surface area contributed by atoms with Gasteiger partial charge in [0.25, 0.3) is 0 Å². The molecule has 2 aromatic carbocycles. The van der Waals surface area contributed by atoms with Crippen molar-refractivity contribution in [2.45, 2.75) is 39.3 Å². The number of hydrogen-bond acceptors (Lipinski definition) is 2. The normalized spacial score (nSPS) is 12.2. The molecule has 0 amide bonds. The molecule has 3 rings (SSSR count). The molecule has 26 heavy (non-hydrogen) atoms. The Hall–Kier alpha value is -2.39. The van der Waals surface area contributed by atoms with E-state index in [1.54, 1.807) is 0 Å². The Bertz CT molecular complexity index is 924. The third kappa shape index (κ3) is 4.41. The molecule has 3 aromatic rings. The van der Waals surface area contributed by atoms with Crippen LogP contribution in [0.2, 0.25) is 13.1 Å². The van der Waals surface area contributed by atoms with Crippen LogP contribution in [0.15, 0.2) is 54.6 Å². The Labute approximate surface area is 158 Å². The van der Waals surface area contributed by atoms with Crippen molar-refractivity contribution in [2.75, 3.05) is 0 Å². The van der Waals surface area contributed by atoms with E-state index in [9.17, 15) is 0 Å². The summed E-state index contributed by atoms with van der Waals surface area (Å²) in [6.07, 6.45) is 4.21. The third-order valence-electron chi connectivity index (χ3n) is 4.29. The summed E-state index contributed by atoms with van der Waals surface area (Å²) in [5.41, 5.74) is 3.54. The molecule has 1 aromatic heterocycles. The van der Waals surface area contributed by atoms with Crippen LogP contribution in [0.4, 0.5) is 0 Å². The predicted molar refractivity (Wildman–Crippen MR) is 115 cm³/mol. The number of benzene rings is 2. The molecular formula is C23H27NOSi. The fraction of sp³-hybridized carbons (Fsp3) is 0.261. The van der Waals surface area contributed by atoms with Crippen LogP contribution in [0.5, 0.6) is 5.88 Å². The molecule has 2 nitrogen and oxygen atoms in total. The molecule has 0 saturated heterocycles. The fourth-order valence-electron chi connectivity index (χ4n) is 2.88. The van der Waals surface area contributed by atoms with Gasteiger partial charge in [-0.3, -0.25) is 0 Å². The van der Waals surface area contributed by atoms with E-state index in [-0.39, 0.29) is 5.41 Å². The van der Waals surface area contributed by atoms with Crippen molar-refractivity contribution < 1.29 is 4.43 Å². The second-order valence-electron chi connectivity index (χ2n) is 7.94. The first-order valence-corrected chi connectivity index (χ1v) is 12.0. The lowest BCUT2D eigenvalue weighted by atomic mass is 9.86. The van der Waals surface area contributed by atoms with Crippen molar-refractivity contribution in [3.05, 3.63) is 71.4 Å². The molecule has 134 valence electrons. The zero-order valence-corrected chi connectivity index (χ0v) is 17.4. The van der Waals surface area contributed by atoms with Crippen molar-refractivity contribution in [3.8, 4) is 5.88 Å². The molecule has 0 fully saturated rings. The monoisotopic (exact) mass is 361 g/mol. The molecule has 0 atom stereocenters. The lowest BCUT2D eigenvalue weighted by Crippen LogP contribution is -2.13. The zero-order chi connectivity index (χ0) is 18.7. The van der Waals surface area contributed by atoms with Gasteiger partial charge < -0.3 is 4.43 Å². The van der Waals surface area contributed by atoms with Crippen LogP contribution in [0.25, 0.3) is 22.9 Å². The molecule has 0 spiro atoms. The highest BCUT2D eigenvalue weighted by molar-refractivity contribution is 6.49. The first kappa shape index (κ1) is 18.4. The quantitative estimate of drug-likeness (QED) is 0.527. The van der Waals surface area contributed by atoms with Gasteiger partial charge in [-0.05, 0) is 47.2 Å². The first-order chi connectivity index (χ1) is 12.3. The van der Waals surface area contributed by atoms with E-state index >= 15 is 0 Å². The van der Waals surface area contributed by atoms with Crippen LogP contribution < -0.4 is 4.43 Å². The van der Waals surface area contributed by atoms with Gasteiger partial charge in [-0.15, -0.1) is 0 Å². The highest BCUT2D eigenvalue weighted by Crippen LogP contribution is 2.30. The van der Waals surface area contributed by atoms with Crippen LogP contribution in [0, 0.1) is 0 Å². The second kappa shape index (κ2) is 7.46. The number of pyridine rings is 1. The molecule has 1 heterocycles. The minimum Gasteiger partial charge on any atom is -0.534 e.